The summed E-state index contributed by atoms with van der Waals surface area (Å²) < 4.78 is 41.6. The zero-order valence-corrected chi connectivity index (χ0v) is 19.6. The predicted octanol–water partition coefficient (Wildman–Crippen LogP) is 3.92. The lowest BCUT2D eigenvalue weighted by atomic mass is 10.1. The predicted molar refractivity (Wildman–Crippen MR) is 121 cm³/mol. The van der Waals surface area contributed by atoms with E-state index in [0.717, 1.165) is 36.7 Å². The van der Waals surface area contributed by atoms with Crippen LogP contribution in [-0.2, 0) is 14.8 Å². The van der Waals surface area contributed by atoms with Crippen LogP contribution in [0.15, 0.2) is 28.4 Å². The molecule has 0 aliphatic carbocycles. The number of aromatic hydroxyl groups is 1. The van der Waals surface area contributed by atoms with E-state index in [0.29, 0.717) is 31.3 Å². The minimum atomic E-state index is -3.90. The van der Waals surface area contributed by atoms with Crippen molar-refractivity contribution in [2.45, 2.75) is 44.1 Å². The summed E-state index contributed by atoms with van der Waals surface area (Å²) in [6.45, 7) is 5.36. The number of nitrogens with one attached hydrogen (secondary N) is 2. The average Bonchev–Trinajstić information content (AvgIpc) is 3.45. The Morgan fingerprint density at radius 1 is 1.26 bits per heavy atom. The molecule has 3 N–H and O–H groups in total. The van der Waals surface area contributed by atoms with E-state index in [-0.39, 0.29) is 21.7 Å². The standard InChI is InChI=1S/C19H24ClN5O4S2/c1-11-9-13(29-12(11)2)10-21-18-19(24-30-23-18)22-15-6-5-14(20)17(16(15)26)31(27,28)25-7-3-4-8-25/h5-6,13,26H,3-4,7-10H2,1-2H3,(H,21,23)(H,22,24). The molecular formula is C19H24ClN5O4S2. The van der Waals surface area contributed by atoms with Crippen LogP contribution < -0.4 is 10.6 Å². The van der Waals surface area contributed by atoms with Gasteiger partial charge in [-0.25, -0.2) is 8.42 Å². The second-order valence-corrected chi connectivity index (χ2v) is 10.4. The van der Waals surface area contributed by atoms with Crippen LogP contribution in [0.1, 0.15) is 33.1 Å². The average molecular weight is 486 g/mol. The molecule has 0 spiro atoms. The smallest absolute Gasteiger partial charge is 0.248 e. The van der Waals surface area contributed by atoms with Gasteiger partial charge < -0.3 is 20.5 Å². The molecule has 3 heterocycles. The normalized spacial score (nSPS) is 19.6. The van der Waals surface area contributed by atoms with Crippen molar-refractivity contribution in [1.29, 1.82) is 0 Å². The fourth-order valence-corrected chi connectivity index (χ4v) is 6.26. The third-order valence-corrected chi connectivity index (χ3v) is 8.39. The van der Waals surface area contributed by atoms with Crippen molar-refractivity contribution in [3.63, 3.8) is 0 Å². The first-order chi connectivity index (χ1) is 14.8. The molecular weight excluding hydrogens is 462 g/mol. The van der Waals surface area contributed by atoms with Gasteiger partial charge in [0, 0.05) is 19.5 Å². The van der Waals surface area contributed by atoms with Gasteiger partial charge in [0.2, 0.25) is 10.0 Å². The molecule has 168 valence electrons. The van der Waals surface area contributed by atoms with E-state index in [9.17, 15) is 13.5 Å². The van der Waals surface area contributed by atoms with Crippen molar-refractivity contribution in [1.82, 2.24) is 13.1 Å². The van der Waals surface area contributed by atoms with E-state index in [1.807, 2.05) is 13.8 Å². The van der Waals surface area contributed by atoms with E-state index < -0.39 is 15.8 Å². The molecule has 31 heavy (non-hydrogen) atoms. The lowest BCUT2D eigenvalue weighted by Crippen LogP contribution is -2.28. The highest BCUT2D eigenvalue weighted by Crippen LogP contribution is 2.41. The van der Waals surface area contributed by atoms with Gasteiger partial charge >= 0.3 is 0 Å². The van der Waals surface area contributed by atoms with Crippen molar-refractivity contribution in [3.05, 3.63) is 28.5 Å². The topological polar surface area (TPSA) is 117 Å². The molecule has 0 bridgehead atoms. The Labute approximate surface area is 190 Å². The molecule has 12 heteroatoms. The summed E-state index contributed by atoms with van der Waals surface area (Å²) in [6.07, 6.45) is 2.42. The summed E-state index contributed by atoms with van der Waals surface area (Å²) in [7, 11) is -3.90. The van der Waals surface area contributed by atoms with Crippen LogP contribution in [-0.4, -0.2) is 52.3 Å². The van der Waals surface area contributed by atoms with Crippen molar-refractivity contribution < 1.29 is 18.3 Å². The molecule has 2 aliphatic heterocycles. The molecule has 1 fully saturated rings. The van der Waals surface area contributed by atoms with Crippen LogP contribution in [0.25, 0.3) is 0 Å². The number of benzene rings is 1. The van der Waals surface area contributed by atoms with E-state index in [2.05, 4.69) is 19.4 Å². The third kappa shape index (κ3) is 4.45. The molecule has 0 radical (unpaired) electrons. The first-order valence-electron chi connectivity index (χ1n) is 9.95. The highest BCUT2D eigenvalue weighted by molar-refractivity contribution is 7.89. The summed E-state index contributed by atoms with van der Waals surface area (Å²) in [5.74, 6) is 1.38. The van der Waals surface area contributed by atoms with Crippen LogP contribution in [0.3, 0.4) is 0 Å². The molecule has 0 amide bonds. The van der Waals surface area contributed by atoms with Crippen molar-refractivity contribution in [3.8, 4) is 5.75 Å². The SMILES string of the molecule is CC1=C(C)OC(CNc2nsnc2Nc2ccc(Cl)c(S(=O)(=O)N3CCCC3)c2O)C1. The number of phenols is 1. The summed E-state index contributed by atoms with van der Waals surface area (Å²) in [4.78, 5) is -0.296. The molecule has 4 rings (SSSR count). The van der Waals surface area contributed by atoms with Crippen molar-refractivity contribution in [2.75, 3.05) is 30.3 Å². The molecule has 1 unspecified atom stereocenters. The first kappa shape index (κ1) is 22.1. The lowest BCUT2D eigenvalue weighted by Gasteiger charge is -2.19. The monoisotopic (exact) mass is 485 g/mol. The number of ether oxygens (including phenoxy) is 1. The second kappa shape index (κ2) is 8.81. The number of sulfonamides is 1. The minimum Gasteiger partial charge on any atom is -0.504 e. The molecule has 1 aromatic heterocycles. The summed E-state index contributed by atoms with van der Waals surface area (Å²) in [6, 6.07) is 2.96. The van der Waals surface area contributed by atoms with Gasteiger partial charge in [-0.15, -0.1) is 0 Å². The molecule has 1 atom stereocenters. The Hall–Kier alpha value is -2.08. The Kier molecular flexibility index (Phi) is 6.29. The molecule has 2 aromatic rings. The molecule has 1 saturated heterocycles. The number of aromatic nitrogens is 2. The largest absolute Gasteiger partial charge is 0.504 e. The van der Waals surface area contributed by atoms with Crippen LogP contribution >= 0.6 is 23.3 Å². The number of allylic oxidation sites excluding steroid dienone is 1. The number of hydrogen-bond donors (Lipinski definition) is 3. The first-order valence-corrected chi connectivity index (χ1v) is 12.5. The van der Waals surface area contributed by atoms with Gasteiger partial charge in [0.05, 0.1) is 34.7 Å². The van der Waals surface area contributed by atoms with Crippen LogP contribution in [0.5, 0.6) is 5.75 Å². The maximum absolute atomic E-state index is 13.0. The number of hydrogen-bond acceptors (Lipinski definition) is 9. The zero-order valence-electron chi connectivity index (χ0n) is 17.2. The van der Waals surface area contributed by atoms with E-state index in [4.69, 9.17) is 16.3 Å². The van der Waals surface area contributed by atoms with E-state index in [1.54, 1.807) is 0 Å². The van der Waals surface area contributed by atoms with Crippen LogP contribution in [0.2, 0.25) is 5.02 Å². The Balaban J connectivity index is 1.53. The van der Waals surface area contributed by atoms with Gasteiger partial charge in [-0.3, -0.25) is 0 Å². The fraction of sp³-hybridized carbons (Fsp3) is 0.474. The lowest BCUT2D eigenvalue weighted by molar-refractivity contribution is 0.156. The number of halogens is 1. The number of nitrogens with zero attached hydrogens (tertiary/aromatic N) is 3. The van der Waals surface area contributed by atoms with Gasteiger partial charge in [0.25, 0.3) is 0 Å². The Morgan fingerprint density at radius 2 is 1.97 bits per heavy atom. The van der Waals surface area contributed by atoms with Crippen molar-refractivity contribution >= 4 is 50.7 Å². The third-order valence-electron chi connectivity index (χ3n) is 5.46. The Morgan fingerprint density at radius 3 is 2.65 bits per heavy atom. The quantitative estimate of drug-likeness (QED) is 0.505. The number of anilines is 3. The number of phenolic OH excluding ortho intramolecular Hbond substituents is 1. The molecule has 2 aliphatic rings. The van der Waals surface area contributed by atoms with E-state index in [1.165, 1.54) is 22.0 Å². The van der Waals surface area contributed by atoms with Crippen LogP contribution in [0.4, 0.5) is 17.3 Å². The second-order valence-electron chi connectivity index (χ2n) is 7.63. The fourth-order valence-electron chi connectivity index (χ4n) is 3.67. The number of rotatable bonds is 7. The molecule has 0 saturated carbocycles. The maximum Gasteiger partial charge on any atom is 0.248 e. The van der Waals surface area contributed by atoms with Gasteiger partial charge in [0.15, 0.2) is 17.4 Å². The van der Waals surface area contributed by atoms with Gasteiger partial charge in [-0.2, -0.15) is 13.1 Å². The van der Waals surface area contributed by atoms with Crippen LogP contribution in [0, 0.1) is 0 Å². The minimum absolute atomic E-state index is 0.00990. The highest BCUT2D eigenvalue weighted by Gasteiger charge is 2.33. The highest BCUT2D eigenvalue weighted by atomic mass is 35.5. The summed E-state index contributed by atoms with van der Waals surface area (Å²) >= 11 is 7.17. The van der Waals surface area contributed by atoms with Gasteiger partial charge in [-0.05, 0) is 44.4 Å². The molecule has 1 aromatic carbocycles. The maximum atomic E-state index is 13.0. The van der Waals surface area contributed by atoms with Crippen molar-refractivity contribution in [2.24, 2.45) is 0 Å². The summed E-state index contributed by atoms with van der Waals surface area (Å²) in [5.41, 5.74) is 1.41. The van der Waals surface area contributed by atoms with E-state index >= 15 is 0 Å². The zero-order chi connectivity index (χ0) is 22.2. The summed E-state index contributed by atoms with van der Waals surface area (Å²) in [5, 5.41) is 16.9. The molecule has 9 nitrogen and oxygen atoms in total. The Bertz CT molecular complexity index is 1100. The van der Waals surface area contributed by atoms with Gasteiger partial charge in [0.1, 0.15) is 11.0 Å². The van der Waals surface area contributed by atoms with Gasteiger partial charge in [-0.1, -0.05) is 11.6 Å².